The van der Waals surface area contributed by atoms with Crippen molar-refractivity contribution in [2.75, 3.05) is 26.2 Å². The molecule has 0 aliphatic carbocycles. The first-order valence-electron chi connectivity index (χ1n) is 8.94. The lowest BCUT2D eigenvalue weighted by molar-refractivity contribution is 0.0411. The van der Waals surface area contributed by atoms with Gasteiger partial charge in [-0.05, 0) is 49.2 Å². The minimum atomic E-state index is -0.287. The summed E-state index contributed by atoms with van der Waals surface area (Å²) in [6.45, 7) is 12.6. The summed E-state index contributed by atoms with van der Waals surface area (Å²) in [4.78, 5) is 4.73. The van der Waals surface area contributed by atoms with Gasteiger partial charge in [0.2, 0.25) is 0 Å². The first-order chi connectivity index (χ1) is 12.0. The molecular weight excluding hydrogens is 316 g/mol. The largest absolute Gasteiger partial charge is 0.392 e. The van der Waals surface area contributed by atoms with Gasteiger partial charge in [-0.3, -0.25) is 9.80 Å². The molecule has 0 bridgehead atoms. The summed E-state index contributed by atoms with van der Waals surface area (Å²) in [6.07, 6.45) is -0.287. The fourth-order valence-electron chi connectivity index (χ4n) is 3.64. The number of rotatable bonds is 5. The fourth-order valence-corrected chi connectivity index (χ4v) is 3.64. The minimum absolute atomic E-state index is 0.287. The molecule has 1 aromatic heterocycles. The van der Waals surface area contributed by atoms with Crippen LogP contribution in [0.5, 0.6) is 0 Å². The predicted octanol–water partition coefficient (Wildman–Crippen LogP) is 1.17. The van der Waals surface area contributed by atoms with E-state index in [4.69, 9.17) is 0 Å². The Labute approximate surface area is 149 Å². The van der Waals surface area contributed by atoms with Crippen molar-refractivity contribution >= 4 is 0 Å². The van der Waals surface area contributed by atoms with Crippen molar-refractivity contribution in [2.24, 2.45) is 0 Å². The number of tetrazole rings is 1. The molecule has 1 N–H and O–H groups in total. The number of piperazine rings is 1. The van der Waals surface area contributed by atoms with Gasteiger partial charge in [0.25, 0.3) is 0 Å². The maximum Gasteiger partial charge on any atom is 0.170 e. The highest BCUT2D eigenvalue weighted by molar-refractivity contribution is 5.46. The van der Waals surface area contributed by atoms with Crippen LogP contribution >= 0.6 is 0 Å². The topological polar surface area (TPSA) is 70.3 Å². The van der Waals surface area contributed by atoms with E-state index in [1.165, 1.54) is 11.1 Å². The van der Waals surface area contributed by atoms with Crippen molar-refractivity contribution in [2.45, 2.75) is 46.4 Å². The molecule has 0 saturated carbocycles. The maximum absolute atomic E-state index is 9.62. The monoisotopic (exact) mass is 344 g/mol. The van der Waals surface area contributed by atoms with Gasteiger partial charge in [-0.15, -0.1) is 5.10 Å². The van der Waals surface area contributed by atoms with E-state index in [9.17, 15) is 5.11 Å². The van der Waals surface area contributed by atoms with E-state index in [1.807, 2.05) is 11.6 Å². The molecule has 0 spiro atoms. The number of aromatic nitrogens is 4. The molecule has 2 aromatic rings. The van der Waals surface area contributed by atoms with Gasteiger partial charge in [0.05, 0.1) is 18.3 Å². The first kappa shape index (κ1) is 18.0. The summed E-state index contributed by atoms with van der Waals surface area (Å²) in [7, 11) is 0. The van der Waals surface area contributed by atoms with Crippen LogP contribution in [-0.2, 0) is 6.54 Å². The molecule has 136 valence electrons. The van der Waals surface area contributed by atoms with E-state index in [0.717, 1.165) is 44.2 Å². The number of hydrogen-bond acceptors (Lipinski definition) is 6. The average Bonchev–Trinajstić information content (AvgIpc) is 2.97. The molecule has 3 rings (SSSR count). The Kier molecular flexibility index (Phi) is 5.46. The molecule has 0 amide bonds. The van der Waals surface area contributed by atoms with E-state index in [1.54, 1.807) is 0 Å². The quantitative estimate of drug-likeness (QED) is 0.878. The van der Waals surface area contributed by atoms with Crippen molar-refractivity contribution in [1.29, 1.82) is 0 Å². The van der Waals surface area contributed by atoms with Gasteiger partial charge in [0.15, 0.2) is 5.82 Å². The van der Waals surface area contributed by atoms with Crippen molar-refractivity contribution in [3.63, 3.8) is 0 Å². The summed E-state index contributed by atoms with van der Waals surface area (Å²) < 4.78 is 1.87. The Morgan fingerprint density at radius 1 is 1.24 bits per heavy atom. The standard InChI is InChI=1S/C18H28N6O/c1-13-6-5-7-14(2)18(13)24-17(19-20-21-24)12-22-8-9-23(11-16(4)25)15(3)10-22/h5-7,15-16,25H,8-12H2,1-4H3/t15-,16-/m1/s1. The van der Waals surface area contributed by atoms with E-state index < -0.39 is 0 Å². The number of hydrogen-bond donors (Lipinski definition) is 1. The minimum Gasteiger partial charge on any atom is -0.392 e. The lowest BCUT2D eigenvalue weighted by Gasteiger charge is -2.40. The molecule has 1 saturated heterocycles. The van der Waals surface area contributed by atoms with Crippen molar-refractivity contribution < 1.29 is 5.11 Å². The van der Waals surface area contributed by atoms with Crippen molar-refractivity contribution in [1.82, 2.24) is 30.0 Å². The van der Waals surface area contributed by atoms with Gasteiger partial charge in [-0.2, -0.15) is 4.68 Å². The normalized spacial score (nSPS) is 20.8. The van der Waals surface area contributed by atoms with E-state index >= 15 is 0 Å². The van der Waals surface area contributed by atoms with Crippen molar-refractivity contribution in [3.8, 4) is 5.69 Å². The highest BCUT2D eigenvalue weighted by Crippen LogP contribution is 2.20. The molecule has 2 atom stereocenters. The van der Waals surface area contributed by atoms with Gasteiger partial charge in [-0.1, -0.05) is 18.2 Å². The zero-order valence-electron chi connectivity index (χ0n) is 15.6. The third-order valence-corrected chi connectivity index (χ3v) is 4.90. The van der Waals surface area contributed by atoms with Gasteiger partial charge >= 0.3 is 0 Å². The molecule has 7 nitrogen and oxygen atoms in total. The predicted molar refractivity (Wildman–Crippen MR) is 96.6 cm³/mol. The van der Waals surface area contributed by atoms with Crippen LogP contribution in [-0.4, -0.2) is 73.4 Å². The number of β-amino-alcohol motifs (C(OH)–C–C–N with tert-alkyl or cyclic N) is 1. The SMILES string of the molecule is Cc1cccc(C)c1-n1nnnc1CN1CCN(C[C@@H](C)O)[C@H](C)C1. The zero-order chi connectivity index (χ0) is 18.0. The number of aliphatic hydroxyl groups is 1. The second kappa shape index (κ2) is 7.59. The lowest BCUT2D eigenvalue weighted by Crippen LogP contribution is -2.53. The van der Waals surface area contributed by atoms with Crippen LogP contribution in [0.4, 0.5) is 0 Å². The zero-order valence-corrected chi connectivity index (χ0v) is 15.6. The van der Waals surface area contributed by atoms with Crippen molar-refractivity contribution in [3.05, 3.63) is 35.2 Å². The van der Waals surface area contributed by atoms with E-state index in [0.29, 0.717) is 6.04 Å². The average molecular weight is 344 g/mol. The first-order valence-corrected chi connectivity index (χ1v) is 8.94. The van der Waals surface area contributed by atoms with Gasteiger partial charge in [0.1, 0.15) is 0 Å². The van der Waals surface area contributed by atoms with E-state index in [-0.39, 0.29) is 6.10 Å². The fraction of sp³-hybridized carbons (Fsp3) is 0.611. The molecular formula is C18H28N6O. The molecule has 7 heteroatoms. The molecule has 25 heavy (non-hydrogen) atoms. The van der Waals surface area contributed by atoms with Gasteiger partial charge in [-0.25, -0.2) is 0 Å². The number of aliphatic hydroxyl groups excluding tert-OH is 1. The van der Waals surface area contributed by atoms with E-state index in [2.05, 4.69) is 64.3 Å². The molecule has 1 aliphatic rings. The molecule has 1 aliphatic heterocycles. The van der Waals surface area contributed by atoms with Gasteiger partial charge < -0.3 is 5.11 Å². The molecule has 2 heterocycles. The number of aryl methyl sites for hydroxylation is 2. The van der Waals surface area contributed by atoms with Crippen LogP contribution in [0.15, 0.2) is 18.2 Å². The second-order valence-electron chi connectivity index (χ2n) is 7.18. The lowest BCUT2D eigenvalue weighted by atomic mass is 10.1. The Bertz CT molecular complexity index is 693. The highest BCUT2D eigenvalue weighted by atomic mass is 16.3. The molecule has 1 fully saturated rings. The third kappa shape index (κ3) is 4.05. The summed E-state index contributed by atoms with van der Waals surface area (Å²) in [5.41, 5.74) is 3.41. The van der Waals surface area contributed by atoms with Crippen LogP contribution < -0.4 is 0 Å². The molecule has 0 radical (unpaired) electrons. The van der Waals surface area contributed by atoms with Crippen LogP contribution in [0.3, 0.4) is 0 Å². The van der Waals surface area contributed by atoms with Crippen LogP contribution in [0.25, 0.3) is 5.69 Å². The highest BCUT2D eigenvalue weighted by Gasteiger charge is 2.26. The molecule has 1 aromatic carbocycles. The van der Waals surface area contributed by atoms with Crippen LogP contribution in [0.1, 0.15) is 30.8 Å². The number of nitrogens with zero attached hydrogens (tertiary/aromatic N) is 6. The maximum atomic E-state index is 9.62. The van der Waals surface area contributed by atoms with Gasteiger partial charge in [0, 0.05) is 32.2 Å². The Hall–Kier alpha value is -1.83. The smallest absolute Gasteiger partial charge is 0.170 e. The van der Waals surface area contributed by atoms with Crippen LogP contribution in [0.2, 0.25) is 0 Å². The van der Waals surface area contributed by atoms with Crippen LogP contribution in [0, 0.1) is 13.8 Å². The second-order valence-corrected chi connectivity index (χ2v) is 7.18. The Morgan fingerprint density at radius 3 is 2.60 bits per heavy atom. The number of para-hydroxylation sites is 1. The summed E-state index contributed by atoms with van der Waals surface area (Å²) >= 11 is 0. The third-order valence-electron chi connectivity index (χ3n) is 4.90. The summed E-state index contributed by atoms with van der Waals surface area (Å²) in [5, 5.41) is 22.0. The number of benzene rings is 1. The Balaban J connectivity index is 1.73. The summed E-state index contributed by atoms with van der Waals surface area (Å²) in [6, 6.07) is 6.64. The molecule has 0 unspecified atom stereocenters. The Morgan fingerprint density at radius 2 is 1.96 bits per heavy atom. The summed E-state index contributed by atoms with van der Waals surface area (Å²) in [5.74, 6) is 0.869.